The maximum atomic E-state index is 3.40. The molecule has 0 aliphatic heterocycles. The smallest absolute Gasteiger partial charge is 0.0553 e. The lowest BCUT2D eigenvalue weighted by molar-refractivity contribution is 0.700. The van der Waals surface area contributed by atoms with E-state index in [1.54, 1.807) is 0 Å². The summed E-state index contributed by atoms with van der Waals surface area (Å²) in [5, 5.41) is 3.40. The van der Waals surface area contributed by atoms with Gasteiger partial charge in [0, 0.05) is 24.0 Å². The van der Waals surface area contributed by atoms with E-state index in [0.29, 0.717) is 0 Å². The van der Waals surface area contributed by atoms with Crippen molar-refractivity contribution in [2.24, 2.45) is 0 Å². The van der Waals surface area contributed by atoms with E-state index in [9.17, 15) is 0 Å². The van der Waals surface area contributed by atoms with Gasteiger partial charge in [-0.05, 0) is 39.7 Å². The maximum absolute atomic E-state index is 3.40. The quantitative estimate of drug-likeness (QED) is 0.753. The molecule has 1 aliphatic carbocycles. The Hall–Kier alpha value is -0.920. The molecule has 0 spiro atoms. The second kappa shape index (κ2) is 3.09. The highest BCUT2D eigenvalue weighted by molar-refractivity contribution is 5.51. The van der Waals surface area contributed by atoms with Gasteiger partial charge in [0.25, 0.3) is 0 Å². The second-order valence-corrected chi connectivity index (χ2v) is 3.92. The first-order valence-electron chi connectivity index (χ1n) is 5.16. The molecule has 72 valence electrons. The molecule has 1 aromatic rings. The topological polar surface area (TPSA) is 17.0 Å². The summed E-state index contributed by atoms with van der Waals surface area (Å²) < 4.78 is 2.47. The molecule has 2 nitrogen and oxygen atoms in total. The maximum Gasteiger partial charge on any atom is 0.0553 e. The molecule has 2 heteroatoms. The average molecular weight is 178 g/mol. The second-order valence-electron chi connectivity index (χ2n) is 3.92. The van der Waals surface area contributed by atoms with Gasteiger partial charge in [0.1, 0.15) is 0 Å². The highest BCUT2D eigenvalue weighted by Crippen LogP contribution is 2.39. The van der Waals surface area contributed by atoms with Gasteiger partial charge in [-0.3, -0.25) is 0 Å². The van der Waals surface area contributed by atoms with Gasteiger partial charge in [-0.15, -0.1) is 0 Å². The van der Waals surface area contributed by atoms with Crippen LogP contribution in [0.1, 0.15) is 37.2 Å². The summed E-state index contributed by atoms with van der Waals surface area (Å²) in [5.74, 6) is 0. The standard InChI is InChI=1S/C11H18N2/c1-4-12-11-7-8(2)13(9(11)3)10-5-6-10/h7,10,12H,4-6H2,1-3H3. The number of nitrogens with zero attached hydrogens (tertiary/aromatic N) is 1. The minimum atomic E-state index is 0.799. The van der Waals surface area contributed by atoms with Crippen LogP contribution in [0, 0.1) is 13.8 Å². The predicted octanol–water partition coefficient (Wildman–Crippen LogP) is 2.87. The number of hydrogen-bond acceptors (Lipinski definition) is 1. The summed E-state index contributed by atoms with van der Waals surface area (Å²) in [5.41, 5.74) is 4.12. The molecular weight excluding hydrogens is 160 g/mol. The lowest BCUT2D eigenvalue weighted by Crippen LogP contribution is -2.01. The van der Waals surface area contributed by atoms with E-state index in [-0.39, 0.29) is 0 Å². The van der Waals surface area contributed by atoms with Crippen LogP contribution in [-0.2, 0) is 0 Å². The molecule has 0 atom stereocenters. The Labute approximate surface area is 79.9 Å². The van der Waals surface area contributed by atoms with Gasteiger partial charge in [0.2, 0.25) is 0 Å². The molecule has 0 saturated heterocycles. The lowest BCUT2D eigenvalue weighted by atomic mass is 10.4. The van der Waals surface area contributed by atoms with Crippen molar-refractivity contribution in [2.45, 2.75) is 39.7 Å². The van der Waals surface area contributed by atoms with E-state index in [1.165, 1.54) is 29.9 Å². The number of nitrogens with one attached hydrogen (secondary N) is 1. The van der Waals surface area contributed by atoms with Crippen LogP contribution >= 0.6 is 0 Å². The average Bonchev–Trinajstić information content (AvgIpc) is 2.84. The zero-order valence-electron chi connectivity index (χ0n) is 8.72. The number of anilines is 1. The first-order valence-corrected chi connectivity index (χ1v) is 5.16. The molecule has 0 aromatic carbocycles. The van der Waals surface area contributed by atoms with Crippen molar-refractivity contribution in [1.82, 2.24) is 4.57 Å². The Morgan fingerprint density at radius 2 is 2.15 bits per heavy atom. The molecular formula is C11H18N2. The minimum absolute atomic E-state index is 0.799. The summed E-state index contributed by atoms with van der Waals surface area (Å²) in [6.45, 7) is 7.56. The van der Waals surface area contributed by atoms with Gasteiger partial charge in [-0.25, -0.2) is 0 Å². The SMILES string of the molecule is CCNc1cc(C)n(C2CC2)c1C. The van der Waals surface area contributed by atoms with E-state index < -0.39 is 0 Å². The summed E-state index contributed by atoms with van der Waals surface area (Å²) >= 11 is 0. The Bertz CT molecular complexity index is 308. The third-order valence-electron chi connectivity index (χ3n) is 2.76. The fourth-order valence-corrected chi connectivity index (χ4v) is 2.04. The Kier molecular flexibility index (Phi) is 2.06. The zero-order chi connectivity index (χ0) is 9.42. The number of rotatable bonds is 3. The van der Waals surface area contributed by atoms with E-state index in [2.05, 4.69) is 36.7 Å². The number of hydrogen-bond donors (Lipinski definition) is 1. The molecule has 2 rings (SSSR count). The molecule has 1 saturated carbocycles. The Balaban J connectivity index is 2.32. The van der Waals surface area contributed by atoms with Gasteiger partial charge in [-0.1, -0.05) is 0 Å². The Morgan fingerprint density at radius 3 is 2.69 bits per heavy atom. The molecule has 1 N–H and O–H groups in total. The molecule has 0 radical (unpaired) electrons. The van der Waals surface area contributed by atoms with E-state index in [1.807, 2.05) is 0 Å². The Morgan fingerprint density at radius 1 is 1.46 bits per heavy atom. The zero-order valence-corrected chi connectivity index (χ0v) is 8.72. The fourth-order valence-electron chi connectivity index (χ4n) is 2.04. The van der Waals surface area contributed by atoms with Crippen LogP contribution < -0.4 is 5.32 Å². The van der Waals surface area contributed by atoms with Gasteiger partial charge >= 0.3 is 0 Å². The van der Waals surface area contributed by atoms with Crippen LogP contribution in [0.15, 0.2) is 6.07 Å². The van der Waals surface area contributed by atoms with Crippen LogP contribution in [0.5, 0.6) is 0 Å². The molecule has 13 heavy (non-hydrogen) atoms. The first kappa shape index (κ1) is 8.67. The van der Waals surface area contributed by atoms with Gasteiger partial charge in [0.05, 0.1) is 5.69 Å². The summed E-state index contributed by atoms with van der Waals surface area (Å²) in [6, 6.07) is 3.06. The van der Waals surface area contributed by atoms with Crippen molar-refractivity contribution >= 4 is 5.69 Å². The van der Waals surface area contributed by atoms with Crippen LogP contribution in [0.4, 0.5) is 5.69 Å². The number of aromatic nitrogens is 1. The monoisotopic (exact) mass is 178 g/mol. The largest absolute Gasteiger partial charge is 0.384 e. The molecule has 1 heterocycles. The van der Waals surface area contributed by atoms with Crippen molar-refractivity contribution in [3.05, 3.63) is 17.5 Å². The summed E-state index contributed by atoms with van der Waals surface area (Å²) in [7, 11) is 0. The first-order chi connectivity index (χ1) is 6.24. The van der Waals surface area contributed by atoms with Gasteiger partial charge in [0.15, 0.2) is 0 Å². The van der Waals surface area contributed by atoms with Crippen molar-refractivity contribution in [1.29, 1.82) is 0 Å². The normalized spacial score (nSPS) is 16.2. The third-order valence-corrected chi connectivity index (χ3v) is 2.76. The van der Waals surface area contributed by atoms with Crippen LogP contribution in [0.25, 0.3) is 0 Å². The van der Waals surface area contributed by atoms with Gasteiger partial charge in [-0.2, -0.15) is 0 Å². The summed E-state index contributed by atoms with van der Waals surface area (Å²) in [4.78, 5) is 0. The molecule has 0 amide bonds. The van der Waals surface area contributed by atoms with Crippen molar-refractivity contribution in [3.63, 3.8) is 0 Å². The van der Waals surface area contributed by atoms with Gasteiger partial charge < -0.3 is 9.88 Å². The van der Waals surface area contributed by atoms with Crippen LogP contribution in [0.2, 0.25) is 0 Å². The highest BCUT2D eigenvalue weighted by atomic mass is 15.1. The summed E-state index contributed by atoms with van der Waals surface area (Å²) in [6.07, 6.45) is 2.73. The van der Waals surface area contributed by atoms with Crippen molar-refractivity contribution in [3.8, 4) is 0 Å². The molecule has 1 fully saturated rings. The lowest BCUT2D eigenvalue weighted by Gasteiger charge is -2.07. The number of aryl methyl sites for hydroxylation is 1. The third kappa shape index (κ3) is 1.45. The van der Waals surface area contributed by atoms with Crippen LogP contribution in [-0.4, -0.2) is 11.1 Å². The predicted molar refractivity (Wildman–Crippen MR) is 56.3 cm³/mol. The van der Waals surface area contributed by atoms with E-state index in [4.69, 9.17) is 0 Å². The molecule has 0 bridgehead atoms. The highest BCUT2D eigenvalue weighted by Gasteiger charge is 2.26. The molecule has 1 aliphatic rings. The van der Waals surface area contributed by atoms with E-state index >= 15 is 0 Å². The fraction of sp³-hybridized carbons (Fsp3) is 0.636. The molecule has 0 unspecified atom stereocenters. The van der Waals surface area contributed by atoms with Crippen molar-refractivity contribution in [2.75, 3.05) is 11.9 Å². The van der Waals surface area contributed by atoms with Crippen LogP contribution in [0.3, 0.4) is 0 Å². The van der Waals surface area contributed by atoms with E-state index in [0.717, 1.165) is 12.6 Å². The van der Waals surface area contributed by atoms with Crippen molar-refractivity contribution < 1.29 is 0 Å². The molecule has 1 aromatic heterocycles. The minimum Gasteiger partial charge on any atom is -0.384 e.